The molecule has 2 N–H and O–H groups in total. The number of carbonyl (C=O) groups excluding carboxylic acids is 2. The number of anilines is 1. The van der Waals surface area contributed by atoms with Crippen LogP contribution in [0.25, 0.3) is 0 Å². The molecule has 0 radical (unpaired) electrons. The van der Waals surface area contributed by atoms with Crippen LogP contribution >= 0.6 is 0 Å². The molecule has 0 aliphatic carbocycles. The van der Waals surface area contributed by atoms with Crippen molar-refractivity contribution in [1.29, 1.82) is 0 Å². The molecule has 0 aromatic heterocycles. The van der Waals surface area contributed by atoms with E-state index in [4.69, 9.17) is 0 Å². The number of nitrogens with one attached hydrogen (secondary N) is 2. The Labute approximate surface area is 163 Å². The first-order valence-electron chi connectivity index (χ1n) is 9.06. The van der Waals surface area contributed by atoms with E-state index in [9.17, 15) is 14.0 Å². The van der Waals surface area contributed by atoms with E-state index < -0.39 is 5.82 Å². The smallest absolute Gasteiger partial charge is 0.255 e. The van der Waals surface area contributed by atoms with Gasteiger partial charge in [-0.1, -0.05) is 48.5 Å². The first kappa shape index (κ1) is 19.3. The zero-order chi connectivity index (χ0) is 19.8. The van der Waals surface area contributed by atoms with Crippen LogP contribution in [0, 0.1) is 5.82 Å². The predicted octanol–water partition coefficient (Wildman–Crippen LogP) is 4.33. The standard InChI is InChI=1S/C23H21FN2O2/c24-20-10-5-9-19(15-20)23(28)26-21-11-4-8-18(14-21)16-25-22(27)13-12-17-6-2-1-3-7-17/h1-11,14-15H,12-13,16H2,(H,25,27)(H,26,28). The fraction of sp³-hybridized carbons (Fsp3) is 0.130. The largest absolute Gasteiger partial charge is 0.352 e. The van der Waals surface area contributed by atoms with Gasteiger partial charge in [-0.15, -0.1) is 0 Å². The third kappa shape index (κ3) is 5.77. The number of aryl methyl sites for hydroxylation is 1. The number of hydrogen-bond acceptors (Lipinski definition) is 2. The van der Waals surface area contributed by atoms with Crippen LogP contribution in [0.4, 0.5) is 10.1 Å². The molecule has 28 heavy (non-hydrogen) atoms. The van der Waals surface area contributed by atoms with E-state index >= 15 is 0 Å². The minimum Gasteiger partial charge on any atom is -0.352 e. The Kier molecular flexibility index (Phi) is 6.52. The zero-order valence-corrected chi connectivity index (χ0v) is 15.3. The summed E-state index contributed by atoms with van der Waals surface area (Å²) in [7, 11) is 0. The molecule has 3 aromatic rings. The number of benzene rings is 3. The van der Waals surface area contributed by atoms with Crippen molar-refractivity contribution in [3.8, 4) is 0 Å². The van der Waals surface area contributed by atoms with Gasteiger partial charge in [-0.3, -0.25) is 9.59 Å². The average molecular weight is 376 g/mol. The summed E-state index contributed by atoms with van der Waals surface area (Å²) in [6.45, 7) is 0.372. The molecule has 3 rings (SSSR count). The second-order valence-corrected chi connectivity index (χ2v) is 6.43. The zero-order valence-electron chi connectivity index (χ0n) is 15.3. The van der Waals surface area contributed by atoms with Gasteiger partial charge in [-0.2, -0.15) is 0 Å². The summed E-state index contributed by atoms with van der Waals surface area (Å²) in [4.78, 5) is 24.3. The molecule has 0 saturated carbocycles. The van der Waals surface area contributed by atoms with Crippen LogP contribution in [0.2, 0.25) is 0 Å². The second kappa shape index (κ2) is 9.46. The molecule has 0 aliphatic rings. The van der Waals surface area contributed by atoms with Gasteiger partial charge in [0.2, 0.25) is 5.91 Å². The maximum Gasteiger partial charge on any atom is 0.255 e. The Morgan fingerprint density at radius 1 is 0.821 bits per heavy atom. The molecular formula is C23H21FN2O2. The van der Waals surface area contributed by atoms with E-state index in [0.29, 0.717) is 25.1 Å². The monoisotopic (exact) mass is 376 g/mol. The molecule has 0 bridgehead atoms. The molecule has 0 spiro atoms. The first-order chi connectivity index (χ1) is 13.6. The third-order valence-electron chi connectivity index (χ3n) is 4.24. The highest BCUT2D eigenvalue weighted by Gasteiger charge is 2.08. The Bertz CT molecular complexity index is 958. The van der Waals surface area contributed by atoms with E-state index in [1.165, 1.54) is 18.2 Å². The van der Waals surface area contributed by atoms with E-state index in [1.807, 2.05) is 36.4 Å². The van der Waals surface area contributed by atoms with Gasteiger partial charge < -0.3 is 10.6 Å². The molecular weight excluding hydrogens is 355 g/mol. The number of carbonyl (C=O) groups is 2. The molecule has 3 aromatic carbocycles. The van der Waals surface area contributed by atoms with Crippen molar-refractivity contribution in [3.63, 3.8) is 0 Å². The van der Waals surface area contributed by atoms with Crippen molar-refractivity contribution < 1.29 is 14.0 Å². The van der Waals surface area contributed by atoms with Crippen molar-refractivity contribution in [3.05, 3.63) is 101 Å². The summed E-state index contributed by atoms with van der Waals surface area (Å²) >= 11 is 0. The second-order valence-electron chi connectivity index (χ2n) is 6.43. The fourth-order valence-corrected chi connectivity index (χ4v) is 2.78. The van der Waals surface area contributed by atoms with E-state index in [0.717, 1.165) is 11.1 Å². The number of halogens is 1. The first-order valence-corrected chi connectivity index (χ1v) is 9.06. The van der Waals surface area contributed by atoms with Gasteiger partial charge in [0, 0.05) is 24.2 Å². The van der Waals surface area contributed by atoms with E-state index in [-0.39, 0.29) is 17.4 Å². The fourth-order valence-electron chi connectivity index (χ4n) is 2.78. The molecule has 4 nitrogen and oxygen atoms in total. The maximum absolute atomic E-state index is 13.3. The molecule has 142 valence electrons. The summed E-state index contributed by atoms with van der Waals surface area (Å²) in [6.07, 6.45) is 1.11. The molecule has 0 heterocycles. The van der Waals surface area contributed by atoms with E-state index in [2.05, 4.69) is 10.6 Å². The summed E-state index contributed by atoms with van der Waals surface area (Å²) in [6, 6.07) is 22.6. The Hall–Kier alpha value is -3.47. The molecule has 0 aliphatic heterocycles. The summed E-state index contributed by atoms with van der Waals surface area (Å²) in [5, 5.41) is 5.63. The van der Waals surface area contributed by atoms with Gasteiger partial charge in [0.1, 0.15) is 5.82 Å². The molecule has 5 heteroatoms. The van der Waals surface area contributed by atoms with Crippen molar-refractivity contribution >= 4 is 17.5 Å². The molecule has 0 fully saturated rings. The van der Waals surface area contributed by atoms with Crippen molar-refractivity contribution in [1.82, 2.24) is 5.32 Å². The number of hydrogen-bond donors (Lipinski definition) is 2. The van der Waals surface area contributed by atoms with Gasteiger partial charge in [0.15, 0.2) is 0 Å². The van der Waals surface area contributed by atoms with Crippen LogP contribution in [0.15, 0.2) is 78.9 Å². The Morgan fingerprint density at radius 3 is 2.36 bits per heavy atom. The molecule has 0 unspecified atom stereocenters. The topological polar surface area (TPSA) is 58.2 Å². The lowest BCUT2D eigenvalue weighted by Crippen LogP contribution is -2.23. The van der Waals surface area contributed by atoms with Crippen LogP contribution in [-0.4, -0.2) is 11.8 Å². The van der Waals surface area contributed by atoms with Crippen LogP contribution in [0.3, 0.4) is 0 Å². The maximum atomic E-state index is 13.3. The minimum absolute atomic E-state index is 0.0296. The van der Waals surface area contributed by atoms with Crippen molar-refractivity contribution in [2.45, 2.75) is 19.4 Å². The normalized spacial score (nSPS) is 10.3. The average Bonchev–Trinajstić information content (AvgIpc) is 2.72. The SMILES string of the molecule is O=C(CCc1ccccc1)NCc1cccc(NC(=O)c2cccc(F)c2)c1. The van der Waals surface area contributed by atoms with Crippen LogP contribution < -0.4 is 10.6 Å². The lowest BCUT2D eigenvalue weighted by molar-refractivity contribution is -0.121. The highest BCUT2D eigenvalue weighted by molar-refractivity contribution is 6.04. The minimum atomic E-state index is -0.459. The number of amides is 2. The summed E-state index contributed by atoms with van der Waals surface area (Å²) < 4.78 is 13.3. The van der Waals surface area contributed by atoms with Crippen LogP contribution in [0.5, 0.6) is 0 Å². The summed E-state index contributed by atoms with van der Waals surface area (Å²) in [5.41, 5.74) is 2.83. The highest BCUT2D eigenvalue weighted by atomic mass is 19.1. The van der Waals surface area contributed by atoms with Gasteiger partial charge in [0.05, 0.1) is 0 Å². The molecule has 0 atom stereocenters. The quantitative estimate of drug-likeness (QED) is 0.645. The Morgan fingerprint density at radius 2 is 1.57 bits per heavy atom. The van der Waals surface area contributed by atoms with Crippen molar-refractivity contribution in [2.75, 3.05) is 5.32 Å². The van der Waals surface area contributed by atoms with Crippen molar-refractivity contribution in [2.24, 2.45) is 0 Å². The summed E-state index contributed by atoms with van der Waals surface area (Å²) in [5.74, 6) is -0.874. The highest BCUT2D eigenvalue weighted by Crippen LogP contribution is 2.13. The van der Waals surface area contributed by atoms with Gasteiger partial charge in [-0.05, 0) is 47.9 Å². The molecule has 0 saturated heterocycles. The lowest BCUT2D eigenvalue weighted by Gasteiger charge is -2.09. The lowest BCUT2D eigenvalue weighted by atomic mass is 10.1. The number of rotatable bonds is 7. The predicted molar refractivity (Wildman–Crippen MR) is 107 cm³/mol. The van der Waals surface area contributed by atoms with Gasteiger partial charge in [-0.25, -0.2) is 4.39 Å². The van der Waals surface area contributed by atoms with Crippen LogP contribution in [-0.2, 0) is 17.8 Å². The van der Waals surface area contributed by atoms with E-state index in [1.54, 1.807) is 24.3 Å². The van der Waals surface area contributed by atoms with Crippen LogP contribution in [0.1, 0.15) is 27.9 Å². The van der Waals surface area contributed by atoms with Gasteiger partial charge in [0.25, 0.3) is 5.91 Å². The molecule has 2 amide bonds. The third-order valence-corrected chi connectivity index (χ3v) is 4.24. The Balaban J connectivity index is 1.51. The van der Waals surface area contributed by atoms with Gasteiger partial charge >= 0.3 is 0 Å².